The number of aromatic amines is 1. The Labute approximate surface area is 76.2 Å². The maximum absolute atomic E-state index is 11.6. The maximum Gasteiger partial charge on any atom is 0.214 e. The molecule has 0 radical (unpaired) electrons. The fraction of sp³-hybridized carbons (Fsp3) is 0.333. The van der Waals surface area contributed by atoms with Crippen LogP contribution in [-0.2, 0) is 4.79 Å². The number of nitrogens with zero attached hydrogens (tertiary/aromatic N) is 1. The minimum absolute atomic E-state index is 0.106. The van der Waals surface area contributed by atoms with Crippen molar-refractivity contribution in [2.24, 2.45) is 0 Å². The Kier molecular flexibility index (Phi) is 2.51. The van der Waals surface area contributed by atoms with Crippen LogP contribution in [0.3, 0.4) is 0 Å². The molecule has 13 heavy (non-hydrogen) atoms. The van der Waals surface area contributed by atoms with E-state index in [0.717, 1.165) is 5.69 Å². The van der Waals surface area contributed by atoms with Gasteiger partial charge in [0.2, 0.25) is 11.8 Å². The molecule has 70 valence electrons. The molecular weight excluding hydrogens is 168 g/mol. The molecule has 1 amide bonds. The van der Waals surface area contributed by atoms with E-state index in [1.165, 1.54) is 4.90 Å². The first-order valence-electron chi connectivity index (χ1n) is 3.95. The number of amides is 1. The molecule has 0 fully saturated rings. The second-order valence-electron chi connectivity index (χ2n) is 2.97. The molecule has 1 rings (SSSR count). The minimum Gasteiger partial charge on any atom is -0.363 e. The Morgan fingerprint density at radius 2 is 2.08 bits per heavy atom. The summed E-state index contributed by atoms with van der Waals surface area (Å²) in [7, 11) is 1.55. The van der Waals surface area contributed by atoms with E-state index in [4.69, 9.17) is 0 Å². The van der Waals surface area contributed by atoms with Gasteiger partial charge in [0.05, 0.1) is 0 Å². The molecule has 1 aromatic rings. The lowest BCUT2D eigenvalue weighted by molar-refractivity contribution is -0.107. The van der Waals surface area contributed by atoms with E-state index >= 15 is 0 Å². The monoisotopic (exact) mass is 180 g/mol. The zero-order valence-corrected chi connectivity index (χ0v) is 7.92. The zero-order chi connectivity index (χ0) is 10.0. The molecule has 0 unspecified atom stereocenters. The molecule has 0 aliphatic heterocycles. The third-order valence-corrected chi connectivity index (χ3v) is 2.10. The second kappa shape index (κ2) is 3.43. The summed E-state index contributed by atoms with van der Waals surface area (Å²) < 4.78 is 0. The van der Waals surface area contributed by atoms with Crippen LogP contribution in [0.1, 0.15) is 11.3 Å². The number of rotatable bonds is 2. The summed E-state index contributed by atoms with van der Waals surface area (Å²) in [5.41, 5.74) is 1.74. The van der Waals surface area contributed by atoms with Gasteiger partial charge < -0.3 is 9.88 Å². The quantitative estimate of drug-likeness (QED) is 0.677. The number of H-pyrrole nitrogens is 1. The van der Waals surface area contributed by atoms with Crippen molar-refractivity contribution in [2.45, 2.75) is 13.8 Å². The van der Waals surface area contributed by atoms with Crippen molar-refractivity contribution in [1.29, 1.82) is 0 Å². The average Bonchev–Trinajstić information content (AvgIpc) is 2.13. The summed E-state index contributed by atoms with van der Waals surface area (Å²) >= 11 is 0. The molecule has 0 atom stereocenters. The van der Waals surface area contributed by atoms with E-state index in [-0.39, 0.29) is 5.43 Å². The predicted octanol–water partition coefficient (Wildman–Crippen LogP) is 0.584. The fourth-order valence-electron chi connectivity index (χ4n) is 1.03. The van der Waals surface area contributed by atoms with Gasteiger partial charge in [-0.05, 0) is 13.8 Å². The fourth-order valence-corrected chi connectivity index (χ4v) is 1.03. The maximum atomic E-state index is 11.6. The summed E-state index contributed by atoms with van der Waals surface area (Å²) in [5, 5.41) is 0. The topological polar surface area (TPSA) is 53.2 Å². The smallest absolute Gasteiger partial charge is 0.214 e. The first-order chi connectivity index (χ1) is 6.07. The molecule has 0 saturated heterocycles. The average molecular weight is 180 g/mol. The Balaban J connectivity index is 3.34. The molecule has 0 aliphatic carbocycles. The van der Waals surface area contributed by atoms with Gasteiger partial charge in [-0.25, -0.2) is 0 Å². The summed E-state index contributed by atoms with van der Waals surface area (Å²) in [5.74, 6) is 0. The number of hydrogen-bond acceptors (Lipinski definition) is 2. The zero-order valence-electron chi connectivity index (χ0n) is 7.92. The lowest BCUT2D eigenvalue weighted by Crippen LogP contribution is -2.23. The Bertz CT molecular complexity index is 382. The highest BCUT2D eigenvalue weighted by Gasteiger charge is 2.07. The van der Waals surface area contributed by atoms with Crippen molar-refractivity contribution in [3.8, 4) is 0 Å². The number of aromatic nitrogens is 1. The Morgan fingerprint density at radius 3 is 2.62 bits per heavy atom. The van der Waals surface area contributed by atoms with Crippen LogP contribution in [0.5, 0.6) is 0 Å². The minimum atomic E-state index is -0.106. The van der Waals surface area contributed by atoms with E-state index in [1.54, 1.807) is 20.2 Å². The molecule has 1 heterocycles. The Hall–Kier alpha value is -1.58. The number of carbonyl (C=O) groups is 1. The number of anilines is 1. The molecule has 0 bridgehead atoms. The van der Waals surface area contributed by atoms with Crippen molar-refractivity contribution in [1.82, 2.24) is 4.98 Å². The number of nitrogens with one attached hydrogen (secondary N) is 1. The largest absolute Gasteiger partial charge is 0.363 e. The van der Waals surface area contributed by atoms with Gasteiger partial charge in [0.25, 0.3) is 0 Å². The van der Waals surface area contributed by atoms with Crippen molar-refractivity contribution >= 4 is 12.1 Å². The third-order valence-electron chi connectivity index (χ3n) is 2.10. The van der Waals surface area contributed by atoms with Crippen LogP contribution in [0.2, 0.25) is 0 Å². The standard InChI is InChI=1S/C9H12N2O2/c1-6-7(2)10-4-8(9(6)13)11(3)5-12/h4-5H,1-3H3,(H,10,13). The van der Waals surface area contributed by atoms with Crippen molar-refractivity contribution in [3.05, 3.63) is 27.7 Å². The van der Waals surface area contributed by atoms with E-state index in [2.05, 4.69) is 4.98 Å². The van der Waals surface area contributed by atoms with Crippen LogP contribution < -0.4 is 10.3 Å². The van der Waals surface area contributed by atoms with E-state index in [1.807, 2.05) is 6.92 Å². The molecule has 0 saturated carbocycles. The SMILES string of the molecule is Cc1[nH]cc(N(C)C=O)c(=O)c1C. The van der Waals surface area contributed by atoms with Gasteiger partial charge in [0, 0.05) is 24.5 Å². The number of hydrogen-bond donors (Lipinski definition) is 1. The van der Waals surface area contributed by atoms with Gasteiger partial charge in [-0.15, -0.1) is 0 Å². The number of carbonyl (C=O) groups excluding carboxylic acids is 1. The van der Waals surface area contributed by atoms with Gasteiger partial charge in [-0.3, -0.25) is 9.59 Å². The van der Waals surface area contributed by atoms with Crippen LogP contribution in [0.15, 0.2) is 11.0 Å². The Morgan fingerprint density at radius 1 is 1.46 bits per heavy atom. The van der Waals surface area contributed by atoms with Crippen LogP contribution >= 0.6 is 0 Å². The molecule has 0 spiro atoms. The molecule has 0 aromatic carbocycles. The van der Waals surface area contributed by atoms with E-state index < -0.39 is 0 Å². The van der Waals surface area contributed by atoms with Crippen molar-refractivity contribution in [2.75, 3.05) is 11.9 Å². The summed E-state index contributed by atoms with van der Waals surface area (Å²) in [6.07, 6.45) is 2.15. The third kappa shape index (κ3) is 1.61. The molecule has 0 aliphatic rings. The van der Waals surface area contributed by atoms with Crippen LogP contribution in [0.4, 0.5) is 5.69 Å². The van der Waals surface area contributed by atoms with Crippen molar-refractivity contribution in [3.63, 3.8) is 0 Å². The molecule has 1 aromatic heterocycles. The van der Waals surface area contributed by atoms with Gasteiger partial charge in [-0.2, -0.15) is 0 Å². The number of pyridine rings is 1. The van der Waals surface area contributed by atoms with Crippen LogP contribution in [0.25, 0.3) is 0 Å². The summed E-state index contributed by atoms with van der Waals surface area (Å²) in [6, 6.07) is 0. The second-order valence-corrected chi connectivity index (χ2v) is 2.97. The molecule has 4 nitrogen and oxygen atoms in total. The lowest BCUT2D eigenvalue weighted by atomic mass is 10.2. The highest BCUT2D eigenvalue weighted by Crippen LogP contribution is 2.05. The van der Waals surface area contributed by atoms with Gasteiger partial charge in [0.15, 0.2) is 0 Å². The van der Waals surface area contributed by atoms with Gasteiger partial charge in [0.1, 0.15) is 5.69 Å². The molecule has 4 heteroatoms. The first kappa shape index (κ1) is 9.51. The van der Waals surface area contributed by atoms with Gasteiger partial charge >= 0.3 is 0 Å². The first-order valence-corrected chi connectivity index (χ1v) is 3.95. The predicted molar refractivity (Wildman–Crippen MR) is 51.0 cm³/mol. The van der Waals surface area contributed by atoms with E-state index in [0.29, 0.717) is 17.7 Å². The molecular formula is C9H12N2O2. The van der Waals surface area contributed by atoms with Crippen LogP contribution in [0, 0.1) is 13.8 Å². The van der Waals surface area contributed by atoms with Gasteiger partial charge in [-0.1, -0.05) is 0 Å². The highest BCUT2D eigenvalue weighted by atomic mass is 16.1. The summed E-state index contributed by atoms with van der Waals surface area (Å²) in [6.45, 7) is 3.55. The van der Waals surface area contributed by atoms with E-state index in [9.17, 15) is 9.59 Å². The normalized spacial score (nSPS) is 9.77. The van der Waals surface area contributed by atoms with Crippen LogP contribution in [-0.4, -0.2) is 18.4 Å². The lowest BCUT2D eigenvalue weighted by Gasteiger charge is -2.10. The van der Waals surface area contributed by atoms with Crippen molar-refractivity contribution < 1.29 is 4.79 Å². The highest BCUT2D eigenvalue weighted by molar-refractivity contribution is 5.73. The summed E-state index contributed by atoms with van der Waals surface area (Å²) in [4.78, 5) is 26.2. The number of aryl methyl sites for hydroxylation is 1. The molecule has 1 N–H and O–H groups in total.